The highest BCUT2D eigenvalue weighted by Crippen LogP contribution is 2.64. The second-order valence-electron chi connectivity index (χ2n) is 7.82. The van der Waals surface area contributed by atoms with Gasteiger partial charge in [-0.05, 0) is 0 Å². The zero-order chi connectivity index (χ0) is 39.0. The van der Waals surface area contributed by atoms with Crippen molar-refractivity contribution in [2.75, 3.05) is 0 Å². The van der Waals surface area contributed by atoms with Crippen LogP contribution in [0.2, 0.25) is 0 Å². The van der Waals surface area contributed by atoms with Crippen molar-refractivity contribution in [2.24, 2.45) is 0 Å². The molecule has 0 aliphatic heterocycles. The number of rotatable bonds is 10. The number of hydrogen-bond acceptors (Lipinski definition) is 2. The second kappa shape index (κ2) is 11.2. The third kappa shape index (κ3) is 6.22. The van der Waals surface area contributed by atoms with E-state index in [1.54, 1.807) is 0 Å². The Bertz CT molecular complexity index is 963. The zero-order valence-corrected chi connectivity index (χ0v) is 19.2. The maximum Gasteiger partial charge on any atom is 0.460 e. The van der Waals surface area contributed by atoms with Crippen LogP contribution in [0.15, 0.2) is 0 Å². The fourth-order valence-electron chi connectivity index (χ4n) is 1.92. The van der Waals surface area contributed by atoms with Gasteiger partial charge < -0.3 is 10.2 Å². The summed E-state index contributed by atoms with van der Waals surface area (Å²) in [7, 11) is 0. The first-order valence-corrected chi connectivity index (χ1v) is 9.12. The van der Waals surface area contributed by atoms with Gasteiger partial charge in [-0.1, -0.05) is 0 Å². The van der Waals surface area contributed by atoms with E-state index in [0.717, 1.165) is 0 Å². The van der Waals surface area contributed by atoms with Crippen LogP contribution in [0, 0.1) is 0 Å². The molecule has 0 heterocycles. The molecule has 32 heteroatoms. The lowest BCUT2D eigenvalue weighted by molar-refractivity contribution is -0.474. The first kappa shape index (κ1) is 45.9. The maximum absolute atomic E-state index is 12.8. The van der Waals surface area contributed by atoms with Crippen molar-refractivity contribution in [3.8, 4) is 0 Å². The summed E-state index contributed by atoms with van der Waals surface area (Å²) in [6.45, 7) is 0. The number of aliphatic hydroxyl groups is 2. The van der Waals surface area contributed by atoms with Gasteiger partial charge in [0.05, 0.1) is 0 Å². The fourth-order valence-corrected chi connectivity index (χ4v) is 1.92. The summed E-state index contributed by atoms with van der Waals surface area (Å²) in [5, 5.41) is 14.6. The minimum Gasteiger partial charge on any atom is -0.331 e. The Hall–Kier alpha value is -2.18. The van der Waals surface area contributed by atoms with Gasteiger partial charge in [-0.25, -0.2) is 0 Å². The van der Waals surface area contributed by atoms with Crippen LogP contribution in [0.1, 0.15) is 0 Å². The molecule has 0 saturated carbocycles. The minimum absolute atomic E-state index is 6.98. The molecule has 0 amide bonds. The summed E-state index contributed by atoms with van der Waals surface area (Å²) >= 11 is 0. The largest absolute Gasteiger partial charge is 0.460 e. The molecule has 2 N–H and O–H groups in total. The molecule has 0 unspecified atom stereocenters. The zero-order valence-electron chi connectivity index (χ0n) is 19.2. The molecular weight excluding hydrogens is 770 g/mol. The molecule has 2 nitrogen and oxygen atoms in total. The number of halogens is 30. The average molecular weight is 772 g/mol. The van der Waals surface area contributed by atoms with E-state index in [-0.39, 0.29) is 0 Å². The third-order valence-electron chi connectivity index (χ3n) is 4.62. The molecule has 0 aliphatic rings. The molecule has 0 spiro atoms. The van der Waals surface area contributed by atoms with Crippen LogP contribution in [0.3, 0.4) is 0 Å². The summed E-state index contributed by atoms with van der Waals surface area (Å²) in [5.74, 6) is -81.7. The van der Waals surface area contributed by atoms with Gasteiger partial charge in [0.1, 0.15) is 0 Å². The first-order valence-electron chi connectivity index (χ1n) is 9.12. The molecule has 46 heavy (non-hydrogen) atoms. The molecule has 280 valence electrons. The maximum atomic E-state index is 12.8. The van der Waals surface area contributed by atoms with Crippen molar-refractivity contribution in [2.45, 2.75) is 83.8 Å². The van der Waals surface area contributed by atoms with Gasteiger partial charge in [0.2, 0.25) is 0 Å². The van der Waals surface area contributed by atoms with Crippen molar-refractivity contribution >= 4 is 0 Å². The Morgan fingerprint density at radius 3 is 0.391 bits per heavy atom. The van der Waals surface area contributed by atoms with Gasteiger partial charge in [-0.3, -0.25) is 0 Å². The lowest BCUT2D eigenvalue weighted by Crippen LogP contribution is -2.74. The average Bonchev–Trinajstić information content (AvgIpc) is 2.75. The van der Waals surface area contributed by atoms with Crippen molar-refractivity contribution in [3.63, 3.8) is 0 Å². The molecule has 0 aromatic heterocycles. The fraction of sp³-hybridized carbons (Fsp3) is 1.00. The van der Waals surface area contributed by atoms with E-state index in [2.05, 4.69) is 0 Å². The molecule has 0 atom stereocenters. The van der Waals surface area contributed by atoms with Crippen molar-refractivity contribution in [1.29, 1.82) is 0 Å². The standard InChI is InChI=1S/C8HF17O.C6HF13O/c9-1(10,3(13,14)5(17,18)7(21,22)23)2(11,12)4(15,16)6(19,20)8(24,25)26;7-1(8,3(11,12)5(15,16)17)2(9,10)4(13,14)6(18,19)20/h26H;20H. The van der Waals surface area contributed by atoms with Crippen LogP contribution in [0.25, 0.3) is 0 Å². The molecule has 0 radical (unpaired) electrons. The highest BCUT2D eigenvalue weighted by Gasteiger charge is 2.95. The van der Waals surface area contributed by atoms with Crippen molar-refractivity contribution in [3.05, 3.63) is 0 Å². The van der Waals surface area contributed by atoms with E-state index in [0.29, 0.717) is 0 Å². The lowest BCUT2D eigenvalue weighted by Gasteiger charge is -2.41. The smallest absolute Gasteiger partial charge is 0.331 e. The van der Waals surface area contributed by atoms with Gasteiger partial charge in [0.25, 0.3) is 0 Å². The van der Waals surface area contributed by atoms with Crippen LogP contribution in [-0.2, 0) is 0 Å². The van der Waals surface area contributed by atoms with E-state index in [1.807, 2.05) is 0 Å². The molecule has 0 aromatic carbocycles. The van der Waals surface area contributed by atoms with Gasteiger partial charge in [0.15, 0.2) is 0 Å². The van der Waals surface area contributed by atoms with E-state index < -0.39 is 83.8 Å². The normalized spacial score (nSPS) is 16.7. The van der Waals surface area contributed by atoms with Crippen LogP contribution >= 0.6 is 0 Å². The summed E-state index contributed by atoms with van der Waals surface area (Å²) in [6, 6.07) is 0. The van der Waals surface area contributed by atoms with Crippen LogP contribution in [0.4, 0.5) is 132 Å². The molecular formula is C14H2F30O2. The molecule has 0 rings (SSSR count). The summed E-state index contributed by atoms with van der Waals surface area (Å²) < 4.78 is 366. The Balaban J connectivity index is 0. The van der Waals surface area contributed by atoms with Crippen molar-refractivity contribution < 1.29 is 142 Å². The number of alkyl halides is 30. The van der Waals surface area contributed by atoms with Gasteiger partial charge in [0, 0.05) is 0 Å². The topological polar surface area (TPSA) is 40.5 Å². The van der Waals surface area contributed by atoms with Crippen LogP contribution in [-0.4, -0.2) is 94.0 Å². The second-order valence-corrected chi connectivity index (χ2v) is 7.82. The predicted octanol–water partition coefficient (Wildman–Crippen LogP) is 8.62. The van der Waals surface area contributed by atoms with Gasteiger partial charge in [-0.15, -0.1) is 0 Å². The highest BCUT2D eigenvalue weighted by molar-refractivity contribution is 5.14. The predicted molar refractivity (Wildman–Crippen MR) is 75.9 cm³/mol. The molecule has 0 fully saturated rings. The highest BCUT2D eigenvalue weighted by atomic mass is 19.4. The van der Waals surface area contributed by atoms with Gasteiger partial charge >= 0.3 is 83.8 Å². The Morgan fingerprint density at radius 2 is 0.283 bits per heavy atom. The van der Waals surface area contributed by atoms with Crippen LogP contribution in [0.5, 0.6) is 0 Å². The minimum atomic E-state index is -8.67. The van der Waals surface area contributed by atoms with E-state index in [9.17, 15) is 132 Å². The monoisotopic (exact) mass is 772 g/mol. The van der Waals surface area contributed by atoms with Crippen LogP contribution < -0.4 is 0 Å². The third-order valence-corrected chi connectivity index (χ3v) is 4.62. The Labute approximate surface area is 227 Å². The number of hydrogen-bond donors (Lipinski definition) is 2. The lowest BCUT2D eigenvalue weighted by atomic mass is 9.91. The SMILES string of the molecule is OC(F)(F)C(F)(F)C(F)(F)C(F)(F)C(F)(F)C(F)(F)C(F)(F)C(F)(F)F.OC(F)(F)C(F)(F)C(F)(F)C(F)(F)C(F)(F)C(F)(F)F. The first-order chi connectivity index (χ1) is 19.0. The summed E-state index contributed by atoms with van der Waals surface area (Å²) in [6.07, 6.45) is -29.5. The molecule has 0 bridgehead atoms. The Kier molecular flexibility index (Phi) is 11.2. The summed E-state index contributed by atoms with van der Waals surface area (Å²) in [5.41, 5.74) is 0. The quantitative estimate of drug-likeness (QED) is 0.219. The molecule has 0 aromatic rings. The van der Waals surface area contributed by atoms with E-state index >= 15 is 0 Å². The van der Waals surface area contributed by atoms with E-state index in [4.69, 9.17) is 10.2 Å². The molecule has 0 saturated heterocycles. The summed E-state index contributed by atoms with van der Waals surface area (Å²) in [4.78, 5) is 0. The molecule has 0 aliphatic carbocycles. The van der Waals surface area contributed by atoms with E-state index in [1.165, 1.54) is 0 Å². The van der Waals surface area contributed by atoms with Gasteiger partial charge in [-0.2, -0.15) is 132 Å². The van der Waals surface area contributed by atoms with Crippen molar-refractivity contribution in [1.82, 2.24) is 0 Å². The Morgan fingerprint density at radius 1 is 0.174 bits per heavy atom.